The van der Waals surface area contributed by atoms with Gasteiger partial charge in [-0.05, 0) is 18.7 Å². The summed E-state index contributed by atoms with van der Waals surface area (Å²) in [5.41, 5.74) is 0.680. The van der Waals surface area contributed by atoms with Gasteiger partial charge < -0.3 is 10.1 Å². The number of nitrogens with one attached hydrogen (secondary N) is 1. The lowest BCUT2D eigenvalue weighted by atomic mass is 10.2. The molecule has 0 fully saturated rings. The predicted octanol–water partition coefficient (Wildman–Crippen LogP) is 1.71. The molecule has 116 valence electrons. The van der Waals surface area contributed by atoms with E-state index in [4.69, 9.17) is 22.8 Å². The van der Waals surface area contributed by atoms with E-state index in [-0.39, 0.29) is 17.2 Å². The summed E-state index contributed by atoms with van der Waals surface area (Å²) < 4.78 is 31.5. The Labute approximate surface area is 131 Å². The fraction of sp³-hybridized carbons (Fsp3) is 0.429. The van der Waals surface area contributed by atoms with Crippen molar-refractivity contribution in [1.29, 1.82) is 0 Å². The third-order valence-corrected chi connectivity index (χ3v) is 4.90. The highest BCUT2D eigenvalue weighted by Gasteiger charge is 2.26. The van der Waals surface area contributed by atoms with Crippen molar-refractivity contribution in [3.05, 3.63) is 22.7 Å². The monoisotopic (exact) mass is 330 g/mol. The van der Waals surface area contributed by atoms with Crippen molar-refractivity contribution in [1.82, 2.24) is 9.62 Å². The molecule has 0 aromatic heterocycles. The number of rotatable bonds is 7. The van der Waals surface area contributed by atoms with Crippen LogP contribution in [0, 0.1) is 12.3 Å². The minimum Gasteiger partial charge on any atom is -0.495 e. The summed E-state index contributed by atoms with van der Waals surface area (Å²) >= 11 is 6.04. The van der Waals surface area contributed by atoms with Crippen LogP contribution in [0.2, 0.25) is 5.02 Å². The van der Waals surface area contributed by atoms with Crippen LogP contribution >= 0.6 is 11.6 Å². The molecular formula is C14H19ClN2O3S. The van der Waals surface area contributed by atoms with Gasteiger partial charge in [0.1, 0.15) is 10.6 Å². The first-order valence-electron chi connectivity index (χ1n) is 6.35. The standard InChI is InChI=1S/C14H19ClN2O3S/c1-5-7-17(3)21(18,19)13-9-12(15)8-11(10-16-6-2)14(13)20-4/h1,8-9,16H,6-7,10H2,2-4H3. The van der Waals surface area contributed by atoms with E-state index in [2.05, 4.69) is 11.2 Å². The van der Waals surface area contributed by atoms with Crippen molar-refractivity contribution >= 4 is 21.6 Å². The van der Waals surface area contributed by atoms with Crippen LogP contribution in [0.25, 0.3) is 0 Å². The Morgan fingerprint density at radius 1 is 1.48 bits per heavy atom. The number of ether oxygens (including phenoxy) is 1. The second kappa shape index (κ2) is 7.66. The first kappa shape index (κ1) is 17.8. The van der Waals surface area contributed by atoms with Gasteiger partial charge in [-0.1, -0.05) is 24.4 Å². The lowest BCUT2D eigenvalue weighted by Gasteiger charge is -2.19. The van der Waals surface area contributed by atoms with E-state index in [1.807, 2.05) is 6.92 Å². The summed E-state index contributed by atoms with van der Waals surface area (Å²) in [5.74, 6) is 2.59. The molecule has 0 bridgehead atoms. The van der Waals surface area contributed by atoms with E-state index in [0.29, 0.717) is 17.1 Å². The van der Waals surface area contributed by atoms with Gasteiger partial charge >= 0.3 is 0 Å². The Balaban J connectivity index is 3.41. The summed E-state index contributed by atoms with van der Waals surface area (Å²) in [6.07, 6.45) is 5.18. The molecule has 0 aliphatic rings. The molecule has 7 heteroatoms. The summed E-state index contributed by atoms with van der Waals surface area (Å²) in [7, 11) is -0.915. The van der Waals surface area contributed by atoms with Crippen molar-refractivity contribution in [3.63, 3.8) is 0 Å². The van der Waals surface area contributed by atoms with Gasteiger partial charge in [-0.2, -0.15) is 4.31 Å². The Morgan fingerprint density at radius 2 is 2.14 bits per heavy atom. The average molecular weight is 331 g/mol. The topological polar surface area (TPSA) is 58.6 Å². The maximum Gasteiger partial charge on any atom is 0.247 e. The molecular weight excluding hydrogens is 312 g/mol. The van der Waals surface area contributed by atoms with Crippen LogP contribution in [0.4, 0.5) is 0 Å². The van der Waals surface area contributed by atoms with Gasteiger partial charge in [0, 0.05) is 24.2 Å². The number of sulfonamides is 1. The fourth-order valence-electron chi connectivity index (χ4n) is 1.82. The zero-order chi connectivity index (χ0) is 16.0. The molecule has 1 aromatic carbocycles. The van der Waals surface area contributed by atoms with Crippen molar-refractivity contribution in [2.45, 2.75) is 18.4 Å². The Morgan fingerprint density at radius 3 is 2.67 bits per heavy atom. The predicted molar refractivity (Wildman–Crippen MR) is 84.0 cm³/mol. The molecule has 21 heavy (non-hydrogen) atoms. The Hall–Kier alpha value is -1.26. The molecule has 0 unspecified atom stereocenters. The first-order chi connectivity index (χ1) is 9.88. The van der Waals surface area contributed by atoms with Crippen molar-refractivity contribution < 1.29 is 13.2 Å². The maximum atomic E-state index is 12.6. The highest BCUT2D eigenvalue weighted by molar-refractivity contribution is 7.89. The Bertz CT molecular complexity index is 638. The highest BCUT2D eigenvalue weighted by atomic mass is 35.5. The van der Waals surface area contributed by atoms with E-state index < -0.39 is 10.0 Å². The molecule has 0 spiro atoms. The molecule has 1 N–H and O–H groups in total. The van der Waals surface area contributed by atoms with E-state index in [1.54, 1.807) is 6.07 Å². The number of hydrogen-bond donors (Lipinski definition) is 1. The second-order valence-electron chi connectivity index (χ2n) is 4.34. The molecule has 0 heterocycles. The minimum absolute atomic E-state index is 0.0168. The highest BCUT2D eigenvalue weighted by Crippen LogP contribution is 2.33. The van der Waals surface area contributed by atoms with Crippen LogP contribution in [-0.4, -0.2) is 40.0 Å². The van der Waals surface area contributed by atoms with Gasteiger partial charge in [0.05, 0.1) is 13.7 Å². The lowest BCUT2D eigenvalue weighted by Crippen LogP contribution is -2.28. The summed E-state index contributed by atoms with van der Waals surface area (Å²) in [4.78, 5) is 0.0168. The van der Waals surface area contributed by atoms with Crippen LogP contribution in [0.3, 0.4) is 0 Å². The van der Waals surface area contributed by atoms with Gasteiger partial charge in [0.25, 0.3) is 0 Å². The zero-order valence-electron chi connectivity index (χ0n) is 12.3. The molecule has 0 radical (unpaired) electrons. The zero-order valence-corrected chi connectivity index (χ0v) is 13.9. The molecule has 0 atom stereocenters. The molecule has 0 saturated carbocycles. The van der Waals surface area contributed by atoms with Gasteiger partial charge in [-0.15, -0.1) is 6.42 Å². The summed E-state index contributed by atoms with van der Waals surface area (Å²) in [5, 5.41) is 3.45. The molecule has 0 amide bonds. The quantitative estimate of drug-likeness (QED) is 0.773. The van der Waals surface area contributed by atoms with Crippen molar-refractivity contribution in [2.75, 3.05) is 27.2 Å². The molecule has 0 aliphatic carbocycles. The van der Waals surface area contributed by atoms with Gasteiger partial charge in [0.15, 0.2) is 0 Å². The van der Waals surface area contributed by atoms with Crippen LogP contribution in [0.15, 0.2) is 17.0 Å². The minimum atomic E-state index is -3.76. The number of halogens is 1. The number of hydrogen-bond acceptors (Lipinski definition) is 4. The molecule has 0 aliphatic heterocycles. The van der Waals surface area contributed by atoms with Crippen LogP contribution in [0.1, 0.15) is 12.5 Å². The average Bonchev–Trinajstić information content (AvgIpc) is 2.44. The Kier molecular flexibility index (Phi) is 6.49. The normalized spacial score (nSPS) is 11.4. The second-order valence-corrected chi connectivity index (χ2v) is 6.79. The van der Waals surface area contributed by atoms with Gasteiger partial charge in [-0.25, -0.2) is 8.42 Å². The van der Waals surface area contributed by atoms with Crippen molar-refractivity contribution in [3.8, 4) is 18.1 Å². The molecule has 1 aromatic rings. The van der Waals surface area contributed by atoms with Crippen molar-refractivity contribution in [2.24, 2.45) is 0 Å². The summed E-state index contributed by atoms with van der Waals surface area (Å²) in [6.45, 7) is 3.13. The summed E-state index contributed by atoms with van der Waals surface area (Å²) in [6, 6.07) is 3.06. The van der Waals surface area contributed by atoms with E-state index in [0.717, 1.165) is 10.8 Å². The number of benzene rings is 1. The largest absolute Gasteiger partial charge is 0.495 e. The van der Waals surface area contributed by atoms with Crippen LogP contribution in [-0.2, 0) is 16.6 Å². The van der Waals surface area contributed by atoms with Gasteiger partial charge in [-0.3, -0.25) is 0 Å². The van der Waals surface area contributed by atoms with E-state index in [1.165, 1.54) is 20.2 Å². The molecule has 1 rings (SSSR count). The third kappa shape index (κ3) is 4.11. The fourth-order valence-corrected chi connectivity index (χ4v) is 3.43. The first-order valence-corrected chi connectivity index (χ1v) is 8.17. The molecule has 0 saturated heterocycles. The number of nitrogens with zero attached hydrogens (tertiary/aromatic N) is 1. The number of terminal acetylenes is 1. The molecule has 5 nitrogen and oxygen atoms in total. The van der Waals surface area contributed by atoms with E-state index in [9.17, 15) is 8.42 Å². The SMILES string of the molecule is C#CCN(C)S(=O)(=O)c1cc(Cl)cc(CNCC)c1OC. The van der Waals surface area contributed by atoms with E-state index >= 15 is 0 Å². The smallest absolute Gasteiger partial charge is 0.247 e. The third-order valence-electron chi connectivity index (χ3n) is 2.87. The van der Waals surface area contributed by atoms with Crippen LogP contribution < -0.4 is 10.1 Å². The lowest BCUT2D eigenvalue weighted by molar-refractivity contribution is 0.393. The number of methoxy groups -OCH3 is 1. The maximum absolute atomic E-state index is 12.6. The van der Waals surface area contributed by atoms with Crippen LogP contribution in [0.5, 0.6) is 5.75 Å². The van der Waals surface area contributed by atoms with Gasteiger partial charge in [0.2, 0.25) is 10.0 Å².